The van der Waals surface area contributed by atoms with E-state index in [1.165, 1.54) is 37.4 Å². The number of aliphatic hydroxyl groups is 2. The molecule has 0 saturated heterocycles. The molecule has 0 aliphatic heterocycles. The fourth-order valence-corrected chi connectivity index (χ4v) is 3.35. The number of alkyl halides is 6. The van der Waals surface area contributed by atoms with Gasteiger partial charge in [-0.1, -0.05) is 6.07 Å². The van der Waals surface area contributed by atoms with Crippen LogP contribution < -0.4 is 4.74 Å². The Bertz CT molecular complexity index is 1350. The summed E-state index contributed by atoms with van der Waals surface area (Å²) in [5, 5.41) is 18.4. The fourth-order valence-electron chi connectivity index (χ4n) is 3.35. The van der Waals surface area contributed by atoms with Gasteiger partial charge in [0.15, 0.2) is 11.5 Å². The molecule has 0 saturated carbocycles. The monoisotopic (exact) mass is 469 g/mol. The molecule has 2 aromatic carbocycles. The molecule has 33 heavy (non-hydrogen) atoms. The lowest BCUT2D eigenvalue weighted by Gasteiger charge is -2.26. The van der Waals surface area contributed by atoms with Crippen LogP contribution in [0.25, 0.3) is 33.2 Å². The second kappa shape index (κ2) is 7.52. The minimum absolute atomic E-state index is 0.185. The maximum atomic E-state index is 13.9. The maximum absolute atomic E-state index is 13.9. The summed E-state index contributed by atoms with van der Waals surface area (Å²) in [5.74, 6) is -4.37. The third-order valence-corrected chi connectivity index (χ3v) is 4.94. The van der Waals surface area contributed by atoms with Crippen molar-refractivity contribution in [2.24, 2.45) is 0 Å². The zero-order chi connectivity index (χ0) is 24.2. The van der Waals surface area contributed by atoms with Crippen LogP contribution in [0.4, 0.5) is 26.3 Å². The average molecular weight is 469 g/mol. The normalized spacial score (nSPS) is 13.0. The van der Waals surface area contributed by atoms with Gasteiger partial charge in [-0.2, -0.15) is 26.3 Å². The Balaban J connectivity index is 2.13. The number of halogens is 6. The van der Waals surface area contributed by atoms with Crippen molar-refractivity contribution in [3.63, 3.8) is 0 Å². The Morgan fingerprint density at radius 2 is 1.52 bits per heavy atom. The number of ether oxygens (including phenoxy) is 1. The standard InChI is InChI=1S/C21H13F6N3O3/c1-33-11-6-4-10(5-7-11)18-29-16-13(17(30-18)20(22,23)24)9-14(19(31,32)21(25,26)27)12-3-2-8-28-15(12)16/h2-9,31-32H,1H3. The van der Waals surface area contributed by atoms with Crippen LogP contribution in [0, 0.1) is 0 Å². The molecule has 0 aliphatic carbocycles. The van der Waals surface area contributed by atoms with E-state index in [4.69, 9.17) is 4.74 Å². The van der Waals surface area contributed by atoms with Crippen LogP contribution in [-0.2, 0) is 12.0 Å². The highest BCUT2D eigenvalue weighted by atomic mass is 19.4. The van der Waals surface area contributed by atoms with Gasteiger partial charge < -0.3 is 14.9 Å². The van der Waals surface area contributed by atoms with E-state index < -0.39 is 45.7 Å². The molecule has 0 fully saturated rings. The first-order chi connectivity index (χ1) is 15.3. The molecule has 4 aromatic rings. The maximum Gasteiger partial charge on any atom is 0.447 e. The minimum atomic E-state index is -5.61. The van der Waals surface area contributed by atoms with Gasteiger partial charge >= 0.3 is 12.4 Å². The number of rotatable bonds is 3. The van der Waals surface area contributed by atoms with Gasteiger partial charge in [-0.25, -0.2) is 9.97 Å². The minimum Gasteiger partial charge on any atom is -0.497 e. The van der Waals surface area contributed by atoms with E-state index in [1.54, 1.807) is 0 Å². The average Bonchev–Trinajstić information content (AvgIpc) is 2.76. The van der Waals surface area contributed by atoms with Crippen molar-refractivity contribution in [1.82, 2.24) is 15.0 Å². The molecule has 2 heterocycles. The Labute approximate surface area is 181 Å². The molecule has 0 radical (unpaired) electrons. The number of benzene rings is 2. The molecule has 4 rings (SSSR count). The van der Waals surface area contributed by atoms with Gasteiger partial charge in [-0.3, -0.25) is 4.98 Å². The molecule has 2 aromatic heterocycles. The first-order valence-corrected chi connectivity index (χ1v) is 9.17. The molecular weight excluding hydrogens is 456 g/mol. The summed E-state index contributed by atoms with van der Waals surface area (Å²) in [6.45, 7) is 0. The third kappa shape index (κ3) is 3.80. The summed E-state index contributed by atoms with van der Waals surface area (Å²) in [6, 6.07) is 8.45. The number of fused-ring (bicyclic) bond motifs is 3. The van der Waals surface area contributed by atoms with Crippen LogP contribution in [-0.4, -0.2) is 38.5 Å². The van der Waals surface area contributed by atoms with Gasteiger partial charge in [-0.05, 0) is 36.4 Å². The van der Waals surface area contributed by atoms with Crippen molar-refractivity contribution in [3.8, 4) is 17.1 Å². The number of nitrogens with zero attached hydrogens (tertiary/aromatic N) is 3. The first kappa shape index (κ1) is 22.7. The van der Waals surface area contributed by atoms with E-state index >= 15 is 0 Å². The second-order valence-corrected chi connectivity index (χ2v) is 7.01. The number of pyridine rings is 1. The predicted octanol–water partition coefficient (Wildman–Crippen LogP) is 4.57. The number of aromatic nitrogens is 3. The SMILES string of the molecule is COc1ccc(-c2nc(C(F)(F)F)c3cc(C(O)(O)C(F)(F)F)c4cccnc4c3n2)cc1. The van der Waals surface area contributed by atoms with Crippen molar-refractivity contribution < 1.29 is 41.3 Å². The summed E-state index contributed by atoms with van der Waals surface area (Å²) < 4.78 is 86.8. The largest absolute Gasteiger partial charge is 0.497 e. The van der Waals surface area contributed by atoms with Crippen molar-refractivity contribution >= 4 is 21.8 Å². The van der Waals surface area contributed by atoms with E-state index in [9.17, 15) is 36.6 Å². The highest BCUT2D eigenvalue weighted by Gasteiger charge is 2.55. The molecule has 12 heteroatoms. The van der Waals surface area contributed by atoms with Crippen molar-refractivity contribution in [3.05, 3.63) is 59.9 Å². The van der Waals surface area contributed by atoms with Gasteiger partial charge in [0.05, 0.1) is 12.6 Å². The molecule has 0 unspecified atom stereocenters. The van der Waals surface area contributed by atoms with Crippen LogP contribution in [0.5, 0.6) is 5.75 Å². The van der Waals surface area contributed by atoms with Crippen molar-refractivity contribution in [2.75, 3.05) is 7.11 Å². The van der Waals surface area contributed by atoms with Crippen molar-refractivity contribution in [1.29, 1.82) is 0 Å². The molecular formula is C21H13F6N3O3. The molecule has 0 atom stereocenters. The number of hydrogen-bond donors (Lipinski definition) is 2. The molecule has 0 spiro atoms. The molecule has 2 N–H and O–H groups in total. The summed E-state index contributed by atoms with van der Waals surface area (Å²) >= 11 is 0. The van der Waals surface area contributed by atoms with E-state index in [0.29, 0.717) is 11.8 Å². The smallest absolute Gasteiger partial charge is 0.447 e. The predicted molar refractivity (Wildman–Crippen MR) is 104 cm³/mol. The van der Waals surface area contributed by atoms with Crippen molar-refractivity contribution in [2.45, 2.75) is 18.1 Å². The summed E-state index contributed by atoms with van der Waals surface area (Å²) in [4.78, 5) is 11.6. The number of methoxy groups -OCH3 is 1. The lowest BCUT2D eigenvalue weighted by atomic mass is 9.96. The zero-order valence-electron chi connectivity index (χ0n) is 16.5. The van der Waals surface area contributed by atoms with E-state index in [2.05, 4.69) is 15.0 Å². The number of hydrogen-bond acceptors (Lipinski definition) is 6. The highest BCUT2D eigenvalue weighted by molar-refractivity contribution is 6.06. The van der Waals surface area contributed by atoms with Crippen LogP contribution in [0.15, 0.2) is 48.7 Å². The van der Waals surface area contributed by atoms with Crippen LogP contribution in [0.3, 0.4) is 0 Å². The second-order valence-electron chi connectivity index (χ2n) is 7.01. The quantitative estimate of drug-likeness (QED) is 0.260. The Morgan fingerprint density at radius 3 is 2.09 bits per heavy atom. The third-order valence-electron chi connectivity index (χ3n) is 4.94. The summed E-state index contributed by atoms with van der Waals surface area (Å²) in [6.07, 6.45) is -9.57. The molecule has 172 valence electrons. The Morgan fingerprint density at radius 1 is 0.848 bits per heavy atom. The molecule has 6 nitrogen and oxygen atoms in total. The van der Waals surface area contributed by atoms with Gasteiger partial charge in [-0.15, -0.1) is 0 Å². The Hall–Kier alpha value is -3.51. The van der Waals surface area contributed by atoms with Gasteiger partial charge in [0, 0.05) is 28.1 Å². The van der Waals surface area contributed by atoms with Gasteiger partial charge in [0.2, 0.25) is 0 Å². The van der Waals surface area contributed by atoms with Crippen LogP contribution >= 0.6 is 0 Å². The lowest BCUT2D eigenvalue weighted by Crippen LogP contribution is -2.42. The summed E-state index contributed by atoms with van der Waals surface area (Å²) in [5.41, 5.74) is -3.38. The highest BCUT2D eigenvalue weighted by Crippen LogP contribution is 2.43. The molecule has 0 bridgehead atoms. The van der Waals surface area contributed by atoms with E-state index in [1.807, 2.05) is 0 Å². The van der Waals surface area contributed by atoms with Gasteiger partial charge in [0.1, 0.15) is 11.3 Å². The van der Waals surface area contributed by atoms with Crippen LogP contribution in [0.2, 0.25) is 0 Å². The zero-order valence-corrected chi connectivity index (χ0v) is 16.5. The molecule has 0 aliphatic rings. The van der Waals surface area contributed by atoms with Crippen LogP contribution in [0.1, 0.15) is 11.3 Å². The van der Waals surface area contributed by atoms with E-state index in [-0.39, 0.29) is 16.9 Å². The first-order valence-electron chi connectivity index (χ1n) is 9.17. The fraction of sp³-hybridized carbons (Fsp3) is 0.190. The van der Waals surface area contributed by atoms with Gasteiger partial charge in [0.25, 0.3) is 5.79 Å². The van der Waals surface area contributed by atoms with E-state index in [0.717, 1.165) is 12.3 Å². The lowest BCUT2D eigenvalue weighted by molar-refractivity contribution is -0.357. The summed E-state index contributed by atoms with van der Waals surface area (Å²) in [7, 11) is 1.40. The Kier molecular flexibility index (Phi) is 5.17. The molecule has 0 amide bonds. The topological polar surface area (TPSA) is 88.4 Å².